The van der Waals surface area contributed by atoms with Crippen LogP contribution >= 0.6 is 0 Å². The highest BCUT2D eigenvalue weighted by molar-refractivity contribution is 7.91. The molecule has 0 bridgehead atoms. The first-order chi connectivity index (χ1) is 19.2. The van der Waals surface area contributed by atoms with Crippen LogP contribution in [0.3, 0.4) is 0 Å². The Hall–Kier alpha value is -3.94. The number of anilines is 1. The largest absolute Gasteiger partial charge is 0.484 e. The van der Waals surface area contributed by atoms with E-state index in [2.05, 4.69) is 15.7 Å². The number of aryl methyl sites for hydroxylation is 3. The van der Waals surface area contributed by atoms with Crippen molar-refractivity contribution in [2.45, 2.75) is 43.9 Å². The molecular formula is C27H26F4N4O5S. The first-order valence-electron chi connectivity index (χ1n) is 12.7. The Morgan fingerprint density at radius 3 is 2.68 bits per heavy atom. The minimum Gasteiger partial charge on any atom is -0.484 e. The molecule has 0 saturated heterocycles. The summed E-state index contributed by atoms with van der Waals surface area (Å²) in [6.07, 6.45) is -2.25. The maximum Gasteiger partial charge on any atom is 0.422 e. The fourth-order valence-corrected chi connectivity index (χ4v) is 5.95. The number of hydrogen-bond acceptors (Lipinski definition) is 6. The lowest BCUT2D eigenvalue weighted by Crippen LogP contribution is -2.49. The number of benzene rings is 2. The number of sulfone groups is 1. The first-order valence-corrected chi connectivity index (χ1v) is 14.8. The second-order valence-corrected chi connectivity index (χ2v) is 12.4. The molecule has 2 aliphatic rings. The third-order valence-electron chi connectivity index (χ3n) is 7.09. The third-order valence-corrected chi connectivity index (χ3v) is 7.88. The van der Waals surface area contributed by atoms with Crippen molar-refractivity contribution in [1.82, 2.24) is 15.1 Å². The van der Waals surface area contributed by atoms with Gasteiger partial charge in [0.25, 0.3) is 5.91 Å². The lowest BCUT2D eigenvalue weighted by atomic mass is 9.82. The van der Waals surface area contributed by atoms with E-state index in [1.54, 1.807) is 24.3 Å². The number of ether oxygens (including phenoxy) is 1. The zero-order chi connectivity index (χ0) is 29.6. The number of halogens is 4. The number of hydrogen-bond donors (Lipinski definition) is 2. The highest BCUT2D eigenvalue weighted by atomic mass is 32.2. The molecule has 14 heteroatoms. The van der Waals surface area contributed by atoms with Crippen LogP contribution in [-0.4, -0.2) is 54.8 Å². The molecular weight excluding hydrogens is 568 g/mol. The van der Waals surface area contributed by atoms with E-state index in [9.17, 15) is 35.6 Å². The van der Waals surface area contributed by atoms with Crippen molar-refractivity contribution in [3.05, 3.63) is 76.2 Å². The molecule has 1 aromatic heterocycles. The molecule has 2 aromatic carbocycles. The molecule has 3 aromatic rings. The van der Waals surface area contributed by atoms with Gasteiger partial charge in [0.15, 0.2) is 16.4 Å². The van der Waals surface area contributed by atoms with Crippen molar-refractivity contribution < 1.29 is 40.3 Å². The molecule has 41 heavy (non-hydrogen) atoms. The fourth-order valence-electron chi connectivity index (χ4n) is 5.40. The molecule has 1 spiro atoms. The highest BCUT2D eigenvalue weighted by Crippen LogP contribution is 2.44. The monoisotopic (exact) mass is 594 g/mol. The predicted molar refractivity (Wildman–Crippen MR) is 140 cm³/mol. The molecule has 218 valence electrons. The van der Waals surface area contributed by atoms with Gasteiger partial charge in [-0.2, -0.15) is 18.3 Å². The smallest absolute Gasteiger partial charge is 0.422 e. The summed E-state index contributed by atoms with van der Waals surface area (Å²) in [5.41, 5.74) is 1.38. The number of nitrogens with one attached hydrogen (secondary N) is 2. The molecule has 0 radical (unpaired) electrons. The van der Waals surface area contributed by atoms with E-state index in [1.807, 2.05) is 0 Å². The number of alkyl halides is 3. The molecule has 2 amide bonds. The summed E-state index contributed by atoms with van der Waals surface area (Å²) in [7, 11) is -3.67. The molecule has 1 aliphatic heterocycles. The zero-order valence-electron chi connectivity index (χ0n) is 21.8. The second-order valence-electron chi connectivity index (χ2n) is 10.3. The van der Waals surface area contributed by atoms with Gasteiger partial charge in [0.05, 0.1) is 11.2 Å². The Morgan fingerprint density at radius 2 is 1.98 bits per heavy atom. The summed E-state index contributed by atoms with van der Waals surface area (Å²) in [6.45, 7) is -1.34. The summed E-state index contributed by atoms with van der Waals surface area (Å²) >= 11 is 0. The van der Waals surface area contributed by atoms with E-state index in [1.165, 1.54) is 22.9 Å². The number of rotatable bonds is 8. The van der Waals surface area contributed by atoms with E-state index < -0.39 is 51.5 Å². The van der Waals surface area contributed by atoms with Gasteiger partial charge in [0.2, 0.25) is 5.91 Å². The van der Waals surface area contributed by atoms with Crippen LogP contribution in [0.5, 0.6) is 5.75 Å². The van der Waals surface area contributed by atoms with Crippen molar-refractivity contribution in [1.29, 1.82) is 0 Å². The van der Waals surface area contributed by atoms with E-state index in [0.717, 1.165) is 17.4 Å². The summed E-state index contributed by atoms with van der Waals surface area (Å²) < 4.78 is 81.7. The van der Waals surface area contributed by atoms with E-state index in [0.29, 0.717) is 24.1 Å². The quantitative estimate of drug-likeness (QED) is 0.387. The number of amides is 2. The second kappa shape index (κ2) is 10.5. The van der Waals surface area contributed by atoms with Gasteiger partial charge in [0.1, 0.15) is 28.7 Å². The lowest BCUT2D eigenvalue weighted by molar-refractivity contribution is -0.153. The van der Waals surface area contributed by atoms with Crippen molar-refractivity contribution in [3.63, 3.8) is 0 Å². The van der Waals surface area contributed by atoms with Crippen molar-refractivity contribution in [3.8, 4) is 5.75 Å². The molecule has 0 saturated carbocycles. The summed E-state index contributed by atoms with van der Waals surface area (Å²) in [5.74, 6) is -2.57. The fraction of sp³-hybridized carbons (Fsp3) is 0.370. The summed E-state index contributed by atoms with van der Waals surface area (Å²) in [4.78, 5) is 26.1. The Labute approximate surface area is 232 Å². The van der Waals surface area contributed by atoms with Gasteiger partial charge >= 0.3 is 6.18 Å². The SMILES string of the molecule is CS(=O)(=O)CC(=O)Nc1c2c(nn1CCc1ccccc1F)C[C@]1(CCc3cc(OCC(F)(F)F)ccc31)NC2=O. The molecule has 2 N–H and O–H groups in total. The Kier molecular flexibility index (Phi) is 7.30. The number of carbonyl (C=O) groups is 2. The third kappa shape index (κ3) is 6.21. The Morgan fingerprint density at radius 1 is 1.22 bits per heavy atom. The predicted octanol–water partition coefficient (Wildman–Crippen LogP) is 3.32. The van der Waals surface area contributed by atoms with Crippen LogP contribution in [0.4, 0.5) is 23.4 Å². The first kappa shape index (κ1) is 28.6. The Balaban J connectivity index is 1.46. The van der Waals surface area contributed by atoms with Gasteiger partial charge < -0.3 is 15.4 Å². The van der Waals surface area contributed by atoms with Crippen LogP contribution in [0.15, 0.2) is 42.5 Å². The van der Waals surface area contributed by atoms with Crippen LogP contribution in [0.25, 0.3) is 0 Å². The minimum absolute atomic E-state index is 0.00598. The molecule has 5 rings (SSSR count). The van der Waals surface area contributed by atoms with E-state index in [-0.39, 0.29) is 36.5 Å². The molecule has 9 nitrogen and oxygen atoms in total. The molecule has 2 heterocycles. The van der Waals surface area contributed by atoms with Crippen LogP contribution < -0.4 is 15.4 Å². The van der Waals surface area contributed by atoms with Gasteiger partial charge in [-0.1, -0.05) is 24.3 Å². The maximum absolute atomic E-state index is 14.3. The maximum atomic E-state index is 14.3. The minimum atomic E-state index is -4.48. The summed E-state index contributed by atoms with van der Waals surface area (Å²) in [6, 6.07) is 10.7. The summed E-state index contributed by atoms with van der Waals surface area (Å²) in [5, 5.41) is 10.1. The topological polar surface area (TPSA) is 119 Å². The number of aromatic nitrogens is 2. The van der Waals surface area contributed by atoms with Crippen LogP contribution in [0, 0.1) is 5.82 Å². The number of nitrogens with zero attached hydrogens (tertiary/aromatic N) is 2. The van der Waals surface area contributed by atoms with Crippen molar-refractivity contribution >= 4 is 27.5 Å². The molecule has 0 fully saturated rings. The number of fused-ring (bicyclic) bond motifs is 3. The highest BCUT2D eigenvalue weighted by Gasteiger charge is 2.46. The Bertz CT molecular complexity index is 1640. The van der Waals surface area contributed by atoms with Crippen molar-refractivity contribution in [2.75, 3.05) is 23.9 Å². The van der Waals surface area contributed by atoms with Crippen LogP contribution in [0.2, 0.25) is 0 Å². The van der Waals surface area contributed by atoms with E-state index in [4.69, 9.17) is 4.74 Å². The van der Waals surface area contributed by atoms with Crippen molar-refractivity contribution in [2.24, 2.45) is 0 Å². The molecule has 1 atom stereocenters. The average Bonchev–Trinajstić information content (AvgIpc) is 3.38. The van der Waals surface area contributed by atoms with Gasteiger partial charge in [0, 0.05) is 19.2 Å². The van der Waals surface area contributed by atoms with Gasteiger partial charge in [-0.25, -0.2) is 17.5 Å². The standard InChI is InChI=1S/C27H26F4N4O5S/c1-41(38,39)14-22(36)32-24-23-21(34-35(24)11-9-16-4-2-3-5-20(16)28)13-26(33-25(23)37)10-8-17-12-18(6-7-19(17)26)40-15-27(29,30)31/h2-7,12H,8-11,13-15H2,1H3,(H,32,36)(H,33,37)/t26-/m0/s1. The normalized spacial score (nSPS) is 18.1. The van der Waals surface area contributed by atoms with Gasteiger partial charge in [-0.3, -0.25) is 9.59 Å². The molecule has 1 aliphatic carbocycles. The lowest BCUT2D eigenvalue weighted by Gasteiger charge is -2.35. The number of carbonyl (C=O) groups excluding carboxylic acids is 2. The zero-order valence-corrected chi connectivity index (χ0v) is 22.7. The van der Waals surface area contributed by atoms with Crippen LogP contribution in [0.1, 0.15) is 39.2 Å². The van der Waals surface area contributed by atoms with Gasteiger partial charge in [-0.05, 0) is 54.2 Å². The van der Waals surface area contributed by atoms with Gasteiger partial charge in [-0.15, -0.1) is 0 Å². The molecule has 0 unspecified atom stereocenters. The van der Waals surface area contributed by atoms with E-state index >= 15 is 0 Å². The van der Waals surface area contributed by atoms with Crippen LogP contribution in [-0.2, 0) is 46.0 Å². The average molecular weight is 595 g/mol.